The van der Waals surface area contributed by atoms with Crippen molar-refractivity contribution in [3.05, 3.63) is 65.5 Å². The van der Waals surface area contributed by atoms with E-state index in [1.165, 1.54) is 24.0 Å². The molecule has 174 valence electrons. The van der Waals surface area contributed by atoms with Gasteiger partial charge in [-0.3, -0.25) is 14.8 Å². The summed E-state index contributed by atoms with van der Waals surface area (Å²) in [5, 5.41) is 20.7. The van der Waals surface area contributed by atoms with Gasteiger partial charge >= 0.3 is 0 Å². The summed E-state index contributed by atoms with van der Waals surface area (Å²) in [6, 6.07) is 13.3. The summed E-state index contributed by atoms with van der Waals surface area (Å²) < 4.78 is 0. The third kappa shape index (κ3) is 5.00. The van der Waals surface area contributed by atoms with Crippen LogP contribution in [0.15, 0.2) is 48.8 Å². The van der Waals surface area contributed by atoms with Crippen LogP contribution in [-0.4, -0.2) is 68.9 Å². The van der Waals surface area contributed by atoms with Crippen molar-refractivity contribution in [2.45, 2.75) is 68.7 Å². The molecular weight excluding hydrogens is 410 g/mol. The number of benzene rings is 1. The fourth-order valence-corrected chi connectivity index (χ4v) is 5.96. The molecule has 0 amide bonds. The van der Waals surface area contributed by atoms with Crippen molar-refractivity contribution in [2.75, 3.05) is 26.2 Å². The number of aliphatic hydroxyl groups excluding tert-OH is 1. The molecule has 0 spiro atoms. The Morgan fingerprint density at radius 3 is 2.42 bits per heavy atom. The SMILES string of the molecule is OC[C@H]1[C@H](c2ccc(C#CC3(O)CCCC3)cc2)[C@H]2CN(Cc3ccncc3)CCCCN21. The van der Waals surface area contributed by atoms with Crippen LogP contribution in [0, 0.1) is 11.8 Å². The molecule has 3 fully saturated rings. The molecule has 2 aromatic rings. The molecular formula is C28H35N3O2. The molecule has 33 heavy (non-hydrogen) atoms. The second kappa shape index (κ2) is 9.95. The van der Waals surface area contributed by atoms with Crippen molar-refractivity contribution in [2.24, 2.45) is 0 Å². The fraction of sp³-hybridized carbons (Fsp3) is 0.536. The molecule has 2 N–H and O–H groups in total. The molecule has 1 aromatic carbocycles. The second-order valence-electron chi connectivity index (χ2n) is 9.99. The molecule has 1 aliphatic carbocycles. The molecule has 0 bridgehead atoms. The van der Waals surface area contributed by atoms with Crippen molar-refractivity contribution in [1.82, 2.24) is 14.8 Å². The molecule has 5 rings (SSSR count). The minimum absolute atomic E-state index is 0.187. The average molecular weight is 446 g/mol. The molecule has 1 aromatic heterocycles. The lowest BCUT2D eigenvalue weighted by Gasteiger charge is -2.57. The second-order valence-corrected chi connectivity index (χ2v) is 9.99. The summed E-state index contributed by atoms with van der Waals surface area (Å²) in [7, 11) is 0. The quantitative estimate of drug-likeness (QED) is 0.708. The fourth-order valence-electron chi connectivity index (χ4n) is 5.96. The zero-order chi connectivity index (χ0) is 22.7. The average Bonchev–Trinajstić information content (AvgIpc) is 3.26. The van der Waals surface area contributed by atoms with E-state index < -0.39 is 5.60 Å². The molecule has 5 heteroatoms. The van der Waals surface area contributed by atoms with Crippen molar-refractivity contribution in [3.8, 4) is 11.8 Å². The minimum atomic E-state index is -0.799. The lowest BCUT2D eigenvalue weighted by atomic mass is 9.74. The molecule has 1 saturated carbocycles. The first-order valence-corrected chi connectivity index (χ1v) is 12.5. The van der Waals surface area contributed by atoms with Crippen LogP contribution in [0.4, 0.5) is 0 Å². The van der Waals surface area contributed by atoms with Crippen LogP contribution in [-0.2, 0) is 6.54 Å². The van der Waals surface area contributed by atoms with E-state index in [-0.39, 0.29) is 12.6 Å². The summed E-state index contributed by atoms with van der Waals surface area (Å²) in [5.74, 6) is 6.62. The van der Waals surface area contributed by atoms with Gasteiger partial charge in [0.2, 0.25) is 0 Å². The Bertz CT molecular complexity index is 976. The maximum absolute atomic E-state index is 10.5. The van der Waals surface area contributed by atoms with Crippen LogP contribution in [0.25, 0.3) is 0 Å². The largest absolute Gasteiger partial charge is 0.395 e. The molecule has 2 saturated heterocycles. The minimum Gasteiger partial charge on any atom is -0.395 e. The molecule has 0 unspecified atom stereocenters. The Morgan fingerprint density at radius 2 is 1.70 bits per heavy atom. The summed E-state index contributed by atoms with van der Waals surface area (Å²) in [6.45, 7) is 4.33. The van der Waals surface area contributed by atoms with Gasteiger partial charge in [0.15, 0.2) is 0 Å². The van der Waals surface area contributed by atoms with Crippen LogP contribution >= 0.6 is 0 Å². The summed E-state index contributed by atoms with van der Waals surface area (Å²) in [4.78, 5) is 9.24. The van der Waals surface area contributed by atoms with E-state index in [0.717, 1.165) is 57.4 Å². The van der Waals surface area contributed by atoms with Crippen LogP contribution in [0.5, 0.6) is 0 Å². The van der Waals surface area contributed by atoms with E-state index in [9.17, 15) is 10.2 Å². The zero-order valence-corrected chi connectivity index (χ0v) is 19.4. The van der Waals surface area contributed by atoms with E-state index in [1.54, 1.807) is 0 Å². The first kappa shape index (κ1) is 22.6. The first-order chi connectivity index (χ1) is 16.1. The number of fused-ring (bicyclic) bond motifs is 1. The third-order valence-corrected chi connectivity index (χ3v) is 7.78. The van der Waals surface area contributed by atoms with Crippen LogP contribution in [0.1, 0.15) is 61.1 Å². The van der Waals surface area contributed by atoms with Crippen molar-refractivity contribution < 1.29 is 10.2 Å². The van der Waals surface area contributed by atoms with Gasteiger partial charge in [0.1, 0.15) is 5.60 Å². The third-order valence-electron chi connectivity index (χ3n) is 7.78. The number of aliphatic hydroxyl groups is 2. The van der Waals surface area contributed by atoms with Gasteiger partial charge in [0, 0.05) is 49.0 Å². The topological polar surface area (TPSA) is 59.8 Å². The lowest BCUT2D eigenvalue weighted by molar-refractivity contribution is -0.0655. The van der Waals surface area contributed by atoms with Crippen molar-refractivity contribution in [1.29, 1.82) is 0 Å². The maximum Gasteiger partial charge on any atom is 0.125 e. The monoisotopic (exact) mass is 445 g/mol. The lowest BCUT2D eigenvalue weighted by Crippen LogP contribution is -2.67. The summed E-state index contributed by atoms with van der Waals surface area (Å²) >= 11 is 0. The van der Waals surface area contributed by atoms with E-state index in [4.69, 9.17) is 0 Å². The van der Waals surface area contributed by atoms with E-state index in [0.29, 0.717) is 12.0 Å². The van der Waals surface area contributed by atoms with Crippen LogP contribution in [0.2, 0.25) is 0 Å². The van der Waals surface area contributed by atoms with E-state index in [2.05, 4.69) is 63.0 Å². The van der Waals surface area contributed by atoms with Crippen molar-refractivity contribution >= 4 is 0 Å². The maximum atomic E-state index is 10.5. The highest BCUT2D eigenvalue weighted by atomic mass is 16.3. The molecule has 3 heterocycles. The van der Waals surface area contributed by atoms with Crippen LogP contribution < -0.4 is 0 Å². The van der Waals surface area contributed by atoms with Gasteiger partial charge in [-0.1, -0.05) is 24.0 Å². The number of nitrogens with zero attached hydrogens (tertiary/aromatic N) is 3. The predicted octanol–water partition coefficient (Wildman–Crippen LogP) is 3.16. The summed E-state index contributed by atoms with van der Waals surface area (Å²) in [5.41, 5.74) is 2.74. The Kier molecular flexibility index (Phi) is 6.80. The number of hydrogen-bond acceptors (Lipinski definition) is 5. The van der Waals surface area contributed by atoms with E-state index in [1.807, 2.05) is 12.4 Å². The Balaban J connectivity index is 1.31. The number of hydrogen-bond donors (Lipinski definition) is 2. The van der Waals surface area contributed by atoms with Gasteiger partial charge in [-0.15, -0.1) is 0 Å². The number of pyridine rings is 1. The Morgan fingerprint density at radius 1 is 0.970 bits per heavy atom. The highest BCUT2D eigenvalue weighted by molar-refractivity contribution is 5.40. The molecule has 3 atom stereocenters. The molecule has 0 radical (unpaired) electrons. The van der Waals surface area contributed by atoms with Gasteiger partial charge < -0.3 is 10.2 Å². The van der Waals surface area contributed by atoms with Gasteiger partial charge in [0.25, 0.3) is 0 Å². The molecule has 5 nitrogen and oxygen atoms in total. The van der Waals surface area contributed by atoms with E-state index >= 15 is 0 Å². The standard InChI is InChI=1S/C28H35N3O2/c32-21-26-27(24-7-5-22(6-8-24)9-14-28(33)12-1-2-13-28)25-20-30(17-3-4-18-31(25)26)19-23-10-15-29-16-11-23/h5-8,10-11,15-16,25-27,32-33H,1-4,12-13,17-21H2/t25-,26+,27-/m1/s1. The van der Waals surface area contributed by atoms with Gasteiger partial charge in [0.05, 0.1) is 6.61 Å². The highest BCUT2D eigenvalue weighted by Gasteiger charge is 2.49. The first-order valence-electron chi connectivity index (χ1n) is 12.5. The van der Waals surface area contributed by atoms with Gasteiger partial charge in [-0.25, -0.2) is 0 Å². The number of rotatable bonds is 4. The Labute approximate surface area is 197 Å². The van der Waals surface area contributed by atoms with Gasteiger partial charge in [-0.2, -0.15) is 0 Å². The summed E-state index contributed by atoms with van der Waals surface area (Å²) in [6.07, 6.45) is 9.79. The van der Waals surface area contributed by atoms with Gasteiger partial charge in [-0.05, 0) is 87.0 Å². The van der Waals surface area contributed by atoms with Crippen LogP contribution in [0.3, 0.4) is 0 Å². The molecule has 2 aliphatic heterocycles. The zero-order valence-electron chi connectivity index (χ0n) is 19.4. The molecule has 3 aliphatic rings. The number of aromatic nitrogens is 1. The van der Waals surface area contributed by atoms with Crippen molar-refractivity contribution in [3.63, 3.8) is 0 Å². The Hall–Kier alpha value is -2.23. The normalized spacial score (nSPS) is 27.5. The predicted molar refractivity (Wildman–Crippen MR) is 130 cm³/mol. The smallest absolute Gasteiger partial charge is 0.125 e. The highest BCUT2D eigenvalue weighted by Crippen LogP contribution is 2.42.